The summed E-state index contributed by atoms with van der Waals surface area (Å²) >= 11 is 0. The predicted octanol–water partition coefficient (Wildman–Crippen LogP) is 3.85. The molecule has 0 saturated carbocycles. The summed E-state index contributed by atoms with van der Waals surface area (Å²) in [6, 6.07) is 16.3. The van der Waals surface area contributed by atoms with Crippen molar-refractivity contribution in [1.82, 2.24) is 4.90 Å². The maximum Gasteiger partial charge on any atom is 0.335 e. The normalized spacial score (nSPS) is 17.8. The van der Waals surface area contributed by atoms with Crippen molar-refractivity contribution in [3.8, 4) is 0 Å². The lowest BCUT2D eigenvalue weighted by molar-refractivity contribution is 0.0525. The quantitative estimate of drug-likeness (QED) is 0.932. The number of alkyl halides is 1. The number of hydrogen-bond acceptors (Lipinski definition) is 2. The van der Waals surface area contributed by atoms with Crippen LogP contribution in [0, 0.1) is 0 Å². The van der Waals surface area contributed by atoms with Crippen LogP contribution in [0.2, 0.25) is 0 Å². The molecule has 0 unspecified atom stereocenters. The second kappa shape index (κ2) is 6.50. The Morgan fingerprint density at radius 3 is 2.22 bits per heavy atom. The Labute approximate surface area is 135 Å². The molecule has 0 atom stereocenters. The number of likely N-dealkylation sites (tertiary alicyclic amines) is 1. The molecule has 1 heterocycles. The third-order valence-electron chi connectivity index (χ3n) is 4.55. The topological polar surface area (TPSA) is 40.5 Å². The van der Waals surface area contributed by atoms with Crippen molar-refractivity contribution in [3.05, 3.63) is 71.3 Å². The number of rotatable bonds is 4. The Bertz CT molecular complexity index is 662. The van der Waals surface area contributed by atoms with Crippen molar-refractivity contribution < 1.29 is 14.3 Å². The van der Waals surface area contributed by atoms with Gasteiger partial charge in [0.2, 0.25) is 0 Å². The van der Waals surface area contributed by atoms with Gasteiger partial charge in [-0.25, -0.2) is 9.18 Å². The van der Waals surface area contributed by atoms with Gasteiger partial charge in [-0.3, -0.25) is 4.90 Å². The van der Waals surface area contributed by atoms with E-state index in [9.17, 15) is 4.79 Å². The van der Waals surface area contributed by atoms with Crippen LogP contribution in [0.15, 0.2) is 54.6 Å². The van der Waals surface area contributed by atoms with Gasteiger partial charge in [0.25, 0.3) is 0 Å². The molecule has 0 spiro atoms. The highest BCUT2D eigenvalue weighted by Gasteiger charge is 2.35. The van der Waals surface area contributed by atoms with Crippen molar-refractivity contribution in [2.24, 2.45) is 0 Å². The van der Waals surface area contributed by atoms with Gasteiger partial charge in [-0.15, -0.1) is 0 Å². The van der Waals surface area contributed by atoms with Crippen molar-refractivity contribution >= 4 is 5.97 Å². The molecule has 2 aromatic rings. The Kier molecular flexibility index (Phi) is 4.44. The van der Waals surface area contributed by atoms with Crippen LogP contribution in [0.4, 0.5) is 4.39 Å². The first-order valence-corrected chi connectivity index (χ1v) is 7.86. The lowest BCUT2D eigenvalue weighted by Crippen LogP contribution is -2.39. The van der Waals surface area contributed by atoms with Crippen LogP contribution in [0.5, 0.6) is 0 Å². The molecule has 1 aliphatic heterocycles. The number of carboxylic acid groups (broad SMARTS) is 1. The lowest BCUT2D eigenvalue weighted by atomic mass is 9.86. The summed E-state index contributed by atoms with van der Waals surface area (Å²) in [5.74, 6) is -0.917. The van der Waals surface area contributed by atoms with Gasteiger partial charge in [-0.05, 0) is 36.1 Å². The molecular weight excluding hydrogens is 293 g/mol. The van der Waals surface area contributed by atoms with Crippen molar-refractivity contribution in [3.63, 3.8) is 0 Å². The average molecular weight is 313 g/mol. The maximum absolute atomic E-state index is 15.1. The first-order chi connectivity index (χ1) is 11.1. The van der Waals surface area contributed by atoms with E-state index in [1.165, 1.54) is 0 Å². The fraction of sp³-hybridized carbons (Fsp3) is 0.316. The zero-order chi connectivity index (χ0) is 16.3. The molecule has 4 heteroatoms. The minimum absolute atomic E-state index is 0.291. The van der Waals surface area contributed by atoms with Gasteiger partial charge >= 0.3 is 5.97 Å². The molecule has 3 rings (SSSR count). The van der Waals surface area contributed by atoms with Crippen molar-refractivity contribution in [2.45, 2.75) is 25.1 Å². The molecule has 1 aliphatic rings. The van der Waals surface area contributed by atoms with Crippen LogP contribution < -0.4 is 0 Å². The molecule has 3 nitrogen and oxygen atoms in total. The van der Waals surface area contributed by atoms with Gasteiger partial charge in [-0.2, -0.15) is 0 Å². The number of hydrogen-bond donors (Lipinski definition) is 1. The molecule has 120 valence electrons. The molecule has 23 heavy (non-hydrogen) atoms. The van der Waals surface area contributed by atoms with Crippen LogP contribution in [0.1, 0.15) is 34.3 Å². The Hall–Kier alpha value is -2.20. The minimum Gasteiger partial charge on any atom is -0.478 e. The molecule has 1 N–H and O–H groups in total. The standard InChI is InChI=1S/C19H20FNO2/c20-19(17-4-2-1-3-5-17)10-12-21(13-11-19)14-15-6-8-16(9-7-15)18(22)23/h1-9H,10-14H2,(H,22,23). The lowest BCUT2D eigenvalue weighted by Gasteiger charge is -2.36. The summed E-state index contributed by atoms with van der Waals surface area (Å²) in [7, 11) is 0. The number of halogens is 1. The van der Waals surface area contributed by atoms with Gasteiger partial charge in [-0.1, -0.05) is 42.5 Å². The average Bonchev–Trinajstić information content (AvgIpc) is 2.58. The second-order valence-electron chi connectivity index (χ2n) is 6.11. The summed E-state index contributed by atoms with van der Waals surface area (Å²) in [6.07, 6.45) is 0.981. The van der Waals surface area contributed by atoms with E-state index in [1.54, 1.807) is 12.1 Å². The van der Waals surface area contributed by atoms with Gasteiger partial charge in [0.15, 0.2) is 0 Å². The highest BCUT2D eigenvalue weighted by atomic mass is 19.1. The van der Waals surface area contributed by atoms with Crippen LogP contribution >= 0.6 is 0 Å². The molecule has 2 aromatic carbocycles. The van der Waals surface area contributed by atoms with Crippen molar-refractivity contribution in [1.29, 1.82) is 0 Å². The van der Waals surface area contributed by atoms with Crippen molar-refractivity contribution in [2.75, 3.05) is 13.1 Å². The van der Waals surface area contributed by atoms with E-state index in [0.717, 1.165) is 17.7 Å². The third-order valence-corrected chi connectivity index (χ3v) is 4.55. The Balaban J connectivity index is 1.60. The molecule has 0 bridgehead atoms. The zero-order valence-corrected chi connectivity index (χ0v) is 12.9. The number of aromatic carboxylic acids is 1. The van der Waals surface area contributed by atoms with E-state index in [-0.39, 0.29) is 0 Å². The monoisotopic (exact) mass is 313 g/mol. The summed E-state index contributed by atoms with van der Waals surface area (Å²) in [5.41, 5.74) is 0.885. The smallest absolute Gasteiger partial charge is 0.335 e. The molecule has 0 radical (unpaired) electrons. The van der Waals surface area contributed by atoms with Crippen LogP contribution in [0.25, 0.3) is 0 Å². The Morgan fingerprint density at radius 2 is 1.65 bits per heavy atom. The zero-order valence-electron chi connectivity index (χ0n) is 12.9. The molecule has 1 saturated heterocycles. The summed E-state index contributed by atoms with van der Waals surface area (Å²) < 4.78 is 15.1. The van der Waals surface area contributed by atoms with E-state index in [1.807, 2.05) is 42.5 Å². The van der Waals surface area contributed by atoms with E-state index in [4.69, 9.17) is 5.11 Å². The Morgan fingerprint density at radius 1 is 1.04 bits per heavy atom. The van der Waals surface area contributed by atoms with Gasteiger partial charge in [0.05, 0.1) is 5.56 Å². The largest absolute Gasteiger partial charge is 0.478 e. The maximum atomic E-state index is 15.1. The number of nitrogens with zero attached hydrogens (tertiary/aromatic N) is 1. The highest BCUT2D eigenvalue weighted by Crippen LogP contribution is 2.37. The molecule has 1 fully saturated rings. The number of piperidine rings is 1. The van der Waals surface area contributed by atoms with E-state index < -0.39 is 11.6 Å². The third kappa shape index (κ3) is 3.59. The number of benzene rings is 2. The van der Waals surface area contributed by atoms with Gasteiger partial charge in [0, 0.05) is 19.6 Å². The van der Waals surface area contributed by atoms with Crippen LogP contribution in [-0.2, 0) is 12.2 Å². The number of carboxylic acids is 1. The molecule has 0 aliphatic carbocycles. The van der Waals surface area contributed by atoms with Gasteiger partial charge < -0.3 is 5.11 Å². The summed E-state index contributed by atoms with van der Waals surface area (Å²) in [4.78, 5) is 13.1. The number of carbonyl (C=O) groups is 1. The SMILES string of the molecule is O=C(O)c1ccc(CN2CCC(F)(c3ccccc3)CC2)cc1. The predicted molar refractivity (Wildman–Crippen MR) is 87.1 cm³/mol. The molecular formula is C19H20FNO2. The second-order valence-corrected chi connectivity index (χ2v) is 6.11. The first-order valence-electron chi connectivity index (χ1n) is 7.86. The van der Waals surface area contributed by atoms with Crippen LogP contribution in [0.3, 0.4) is 0 Å². The molecule has 0 aromatic heterocycles. The fourth-order valence-corrected chi connectivity index (χ4v) is 3.10. The fourth-order valence-electron chi connectivity index (χ4n) is 3.10. The van der Waals surface area contributed by atoms with E-state index in [0.29, 0.717) is 31.5 Å². The van der Waals surface area contributed by atoms with Crippen LogP contribution in [-0.4, -0.2) is 29.1 Å². The van der Waals surface area contributed by atoms with E-state index in [2.05, 4.69) is 4.90 Å². The minimum atomic E-state index is -1.23. The summed E-state index contributed by atoms with van der Waals surface area (Å²) in [6.45, 7) is 2.13. The first kappa shape index (κ1) is 15.7. The van der Waals surface area contributed by atoms with Gasteiger partial charge in [0.1, 0.15) is 5.67 Å². The van der Waals surface area contributed by atoms with E-state index >= 15 is 4.39 Å². The highest BCUT2D eigenvalue weighted by molar-refractivity contribution is 5.87. The summed E-state index contributed by atoms with van der Waals surface area (Å²) in [5, 5.41) is 8.91. The molecule has 0 amide bonds.